The van der Waals surface area contributed by atoms with Crippen LogP contribution in [0.1, 0.15) is 45.1 Å². The first kappa shape index (κ1) is 24.9. The molecule has 7 nitrogen and oxygen atoms in total. The molecule has 2 aliphatic heterocycles. The number of carbonyl (C=O) groups excluding carboxylic acids is 2. The van der Waals surface area contributed by atoms with E-state index in [0.29, 0.717) is 55.5 Å². The van der Waals surface area contributed by atoms with Gasteiger partial charge in [-0.3, -0.25) is 14.5 Å². The molecule has 5 rings (SSSR count). The van der Waals surface area contributed by atoms with E-state index >= 15 is 0 Å². The number of alkyl halides is 3. The van der Waals surface area contributed by atoms with Gasteiger partial charge in [0.2, 0.25) is 0 Å². The van der Waals surface area contributed by atoms with Gasteiger partial charge >= 0.3 is 6.18 Å². The average molecular weight is 512 g/mol. The molecule has 0 radical (unpaired) electrons. The van der Waals surface area contributed by atoms with Gasteiger partial charge in [0.25, 0.3) is 11.8 Å². The first-order valence-electron chi connectivity index (χ1n) is 12.4. The normalized spacial score (nSPS) is 15.9. The highest BCUT2D eigenvalue weighted by molar-refractivity contribution is 6.09. The minimum Gasteiger partial charge on any atom is -0.368 e. The molecular weight excluding hydrogens is 483 g/mol. The van der Waals surface area contributed by atoms with Crippen LogP contribution in [0.4, 0.5) is 24.7 Å². The van der Waals surface area contributed by atoms with Gasteiger partial charge in [0.15, 0.2) is 11.5 Å². The molecular formula is C27H28F3N5O2. The van der Waals surface area contributed by atoms with E-state index in [1.807, 2.05) is 15.5 Å². The van der Waals surface area contributed by atoms with E-state index in [2.05, 4.69) is 0 Å². The van der Waals surface area contributed by atoms with Crippen LogP contribution in [0.5, 0.6) is 0 Å². The van der Waals surface area contributed by atoms with Crippen LogP contribution in [0.3, 0.4) is 0 Å². The van der Waals surface area contributed by atoms with Crippen molar-refractivity contribution in [2.75, 3.05) is 43.0 Å². The maximum absolute atomic E-state index is 13.8. The number of aromatic nitrogens is 2. The van der Waals surface area contributed by atoms with E-state index in [9.17, 15) is 22.8 Å². The van der Waals surface area contributed by atoms with Crippen molar-refractivity contribution in [2.24, 2.45) is 0 Å². The van der Waals surface area contributed by atoms with Gasteiger partial charge in [-0.1, -0.05) is 18.2 Å². The summed E-state index contributed by atoms with van der Waals surface area (Å²) in [5.74, 6) is 0.745. The fraction of sp³-hybridized carbons (Fsp3) is 0.370. The number of carbonyl (C=O) groups is 2. The second kappa shape index (κ2) is 9.91. The first-order chi connectivity index (χ1) is 17.7. The summed E-state index contributed by atoms with van der Waals surface area (Å²) in [6.07, 6.45) is -1.72. The summed E-state index contributed by atoms with van der Waals surface area (Å²) < 4.78 is 40.7. The number of hydrogen-bond donors (Lipinski definition) is 0. The number of aryl methyl sites for hydroxylation is 1. The Morgan fingerprint density at radius 1 is 0.892 bits per heavy atom. The van der Waals surface area contributed by atoms with Gasteiger partial charge in [0, 0.05) is 57.4 Å². The number of piperazine rings is 1. The monoisotopic (exact) mass is 511 g/mol. The lowest BCUT2D eigenvalue weighted by Crippen LogP contribution is -2.49. The number of hydrogen-bond acceptors (Lipinski definition) is 4. The molecule has 1 fully saturated rings. The van der Waals surface area contributed by atoms with Crippen molar-refractivity contribution in [1.82, 2.24) is 14.5 Å². The number of amides is 2. The molecule has 0 unspecified atom stereocenters. The molecule has 2 aliphatic rings. The Morgan fingerprint density at radius 3 is 2.22 bits per heavy atom. The van der Waals surface area contributed by atoms with Crippen LogP contribution in [0.15, 0.2) is 54.6 Å². The van der Waals surface area contributed by atoms with Gasteiger partial charge in [0.05, 0.1) is 5.56 Å². The number of imidazole rings is 1. The van der Waals surface area contributed by atoms with Gasteiger partial charge < -0.3 is 14.4 Å². The molecule has 194 valence electrons. The highest BCUT2D eigenvalue weighted by Crippen LogP contribution is 2.31. The molecule has 37 heavy (non-hydrogen) atoms. The summed E-state index contributed by atoms with van der Waals surface area (Å²) >= 11 is 0. The zero-order valence-electron chi connectivity index (χ0n) is 20.5. The lowest BCUT2D eigenvalue weighted by molar-refractivity contribution is -0.137. The molecule has 0 spiro atoms. The highest BCUT2D eigenvalue weighted by Gasteiger charge is 2.34. The number of benzene rings is 2. The molecule has 10 heteroatoms. The van der Waals surface area contributed by atoms with Crippen LogP contribution in [0.25, 0.3) is 0 Å². The van der Waals surface area contributed by atoms with Gasteiger partial charge in [-0.2, -0.15) is 13.2 Å². The maximum atomic E-state index is 13.8. The van der Waals surface area contributed by atoms with Crippen LogP contribution in [0, 0.1) is 0 Å². The molecule has 0 atom stereocenters. The Kier molecular flexibility index (Phi) is 6.66. The van der Waals surface area contributed by atoms with Crippen LogP contribution >= 0.6 is 0 Å². The van der Waals surface area contributed by atoms with Gasteiger partial charge in [-0.05, 0) is 49.2 Å². The zero-order chi connectivity index (χ0) is 26.2. The van der Waals surface area contributed by atoms with E-state index in [4.69, 9.17) is 4.98 Å². The fourth-order valence-electron chi connectivity index (χ4n) is 4.96. The summed E-state index contributed by atoms with van der Waals surface area (Å²) in [6.45, 7) is 2.48. The molecule has 1 saturated heterocycles. The van der Waals surface area contributed by atoms with E-state index in [1.54, 1.807) is 36.2 Å². The standard InChI is InChI=1S/C27H28F3N5O2/c1-32(25(36)19-7-3-2-4-8-19)24-23(35-14-6-5-9-22(35)31-24)26(37)34-17-15-33(16-18-34)21-12-10-20(11-13-21)27(28,29)30/h2-4,7-8,10-13H,5-6,9,14-18H2,1H3. The van der Waals surface area contributed by atoms with Gasteiger partial charge in [0.1, 0.15) is 5.82 Å². The lowest BCUT2D eigenvalue weighted by atomic mass is 10.1. The fourth-order valence-corrected chi connectivity index (χ4v) is 4.96. The molecule has 0 saturated carbocycles. The van der Waals surface area contributed by atoms with Gasteiger partial charge in [-0.15, -0.1) is 0 Å². The summed E-state index contributed by atoms with van der Waals surface area (Å²) in [4.78, 5) is 36.9. The van der Waals surface area contributed by atoms with E-state index in [0.717, 1.165) is 37.2 Å². The number of anilines is 2. The number of fused-ring (bicyclic) bond motifs is 1. The number of rotatable bonds is 4. The first-order valence-corrected chi connectivity index (χ1v) is 12.4. The van der Waals surface area contributed by atoms with Crippen LogP contribution < -0.4 is 9.80 Å². The lowest BCUT2D eigenvalue weighted by Gasteiger charge is -2.36. The average Bonchev–Trinajstić information content (AvgIpc) is 3.31. The largest absolute Gasteiger partial charge is 0.416 e. The molecule has 0 aliphatic carbocycles. The van der Waals surface area contributed by atoms with Crippen molar-refractivity contribution in [2.45, 2.75) is 32.0 Å². The van der Waals surface area contributed by atoms with Crippen molar-refractivity contribution < 1.29 is 22.8 Å². The molecule has 0 N–H and O–H groups in total. The molecule has 2 aromatic carbocycles. The Labute approximate surface area is 213 Å². The Balaban J connectivity index is 1.35. The van der Waals surface area contributed by atoms with Crippen LogP contribution in [-0.2, 0) is 19.1 Å². The minimum atomic E-state index is -4.37. The third kappa shape index (κ3) is 4.92. The quantitative estimate of drug-likeness (QED) is 0.519. The van der Waals surface area contributed by atoms with Crippen molar-refractivity contribution in [1.29, 1.82) is 0 Å². The Bertz CT molecular complexity index is 1280. The van der Waals surface area contributed by atoms with Crippen molar-refractivity contribution in [3.05, 3.63) is 77.2 Å². The number of nitrogens with zero attached hydrogens (tertiary/aromatic N) is 5. The zero-order valence-corrected chi connectivity index (χ0v) is 20.5. The molecule has 3 heterocycles. The Morgan fingerprint density at radius 2 is 1.57 bits per heavy atom. The maximum Gasteiger partial charge on any atom is 0.416 e. The highest BCUT2D eigenvalue weighted by atomic mass is 19.4. The SMILES string of the molecule is CN(C(=O)c1ccccc1)c1nc2n(c1C(=O)N1CCN(c3ccc(C(F)(F)F)cc3)CC1)CCCC2. The number of halogens is 3. The molecule has 0 bridgehead atoms. The minimum absolute atomic E-state index is 0.185. The third-order valence-electron chi connectivity index (χ3n) is 7.03. The summed E-state index contributed by atoms with van der Waals surface area (Å²) in [5, 5.41) is 0. The predicted octanol–water partition coefficient (Wildman–Crippen LogP) is 4.48. The summed E-state index contributed by atoms with van der Waals surface area (Å²) in [7, 11) is 1.64. The summed E-state index contributed by atoms with van der Waals surface area (Å²) in [5.41, 5.74) is 0.942. The second-order valence-electron chi connectivity index (χ2n) is 9.36. The van der Waals surface area contributed by atoms with E-state index < -0.39 is 11.7 Å². The van der Waals surface area contributed by atoms with E-state index in [-0.39, 0.29) is 11.8 Å². The summed E-state index contributed by atoms with van der Waals surface area (Å²) in [6, 6.07) is 14.0. The van der Waals surface area contributed by atoms with Gasteiger partial charge in [-0.25, -0.2) is 4.98 Å². The second-order valence-corrected chi connectivity index (χ2v) is 9.36. The topological polar surface area (TPSA) is 61.7 Å². The van der Waals surface area contributed by atoms with Crippen molar-refractivity contribution in [3.8, 4) is 0 Å². The van der Waals surface area contributed by atoms with Crippen molar-refractivity contribution >= 4 is 23.3 Å². The Hall–Kier alpha value is -3.82. The molecule has 1 aromatic heterocycles. The van der Waals surface area contributed by atoms with Crippen LogP contribution in [-0.4, -0.2) is 59.5 Å². The van der Waals surface area contributed by atoms with Crippen molar-refractivity contribution in [3.63, 3.8) is 0 Å². The molecule has 2 amide bonds. The van der Waals surface area contributed by atoms with E-state index in [1.165, 1.54) is 17.0 Å². The predicted molar refractivity (Wildman–Crippen MR) is 134 cm³/mol. The molecule has 3 aromatic rings. The van der Waals surface area contributed by atoms with Crippen LogP contribution in [0.2, 0.25) is 0 Å². The smallest absolute Gasteiger partial charge is 0.368 e. The third-order valence-corrected chi connectivity index (χ3v) is 7.03.